The fourth-order valence-corrected chi connectivity index (χ4v) is 1.35. The monoisotopic (exact) mass is 237 g/mol. The number of carbonyl (C=O) groups excluding carboxylic acids is 1. The van der Waals surface area contributed by atoms with Gasteiger partial charge in [-0.25, -0.2) is 4.79 Å². The summed E-state index contributed by atoms with van der Waals surface area (Å²) >= 11 is 0. The maximum absolute atomic E-state index is 11.6. The van der Waals surface area contributed by atoms with Gasteiger partial charge in [0.25, 0.3) is 0 Å². The van der Waals surface area contributed by atoms with Crippen molar-refractivity contribution in [1.29, 1.82) is 0 Å². The normalized spacial score (nSPS) is 12.9. The molecule has 17 heavy (non-hydrogen) atoms. The standard InChI is InChI=1S/C13H19NO3/c1-5-7-10(11-8-6-9-16-11)14-12(15)17-13(2,3)4/h5-6,8-10H,1,7H2,2-4H3,(H,14,15)/t10-/m1/s1. The van der Waals surface area contributed by atoms with Crippen LogP contribution < -0.4 is 5.32 Å². The maximum atomic E-state index is 11.6. The van der Waals surface area contributed by atoms with Crippen LogP contribution in [-0.4, -0.2) is 11.7 Å². The van der Waals surface area contributed by atoms with E-state index in [0.717, 1.165) is 0 Å². The highest BCUT2D eigenvalue weighted by atomic mass is 16.6. The molecule has 4 heteroatoms. The van der Waals surface area contributed by atoms with Crippen LogP contribution in [0.5, 0.6) is 0 Å². The minimum atomic E-state index is -0.508. The van der Waals surface area contributed by atoms with E-state index in [-0.39, 0.29) is 6.04 Å². The van der Waals surface area contributed by atoms with E-state index in [9.17, 15) is 4.79 Å². The van der Waals surface area contributed by atoms with Crippen LogP contribution in [0.15, 0.2) is 35.5 Å². The Labute approximate surface area is 102 Å². The number of alkyl carbamates (subject to hydrolysis) is 1. The molecule has 0 bridgehead atoms. The van der Waals surface area contributed by atoms with E-state index < -0.39 is 11.7 Å². The molecule has 0 aliphatic rings. The van der Waals surface area contributed by atoms with E-state index in [1.54, 1.807) is 18.4 Å². The minimum absolute atomic E-state index is 0.239. The molecule has 1 heterocycles. The molecule has 4 nitrogen and oxygen atoms in total. The van der Waals surface area contributed by atoms with Gasteiger partial charge in [-0.05, 0) is 39.3 Å². The summed E-state index contributed by atoms with van der Waals surface area (Å²) < 4.78 is 10.4. The highest BCUT2D eigenvalue weighted by Crippen LogP contribution is 2.18. The van der Waals surface area contributed by atoms with Gasteiger partial charge in [0, 0.05) is 0 Å². The Bertz CT molecular complexity index is 363. The van der Waals surface area contributed by atoms with Crippen LogP contribution in [0.1, 0.15) is 39.0 Å². The second-order valence-electron chi connectivity index (χ2n) is 4.74. The average molecular weight is 237 g/mol. The summed E-state index contributed by atoms with van der Waals surface area (Å²) in [6, 6.07) is 3.35. The SMILES string of the molecule is C=CC[C@@H](NC(=O)OC(C)(C)C)c1ccco1. The first kappa shape index (κ1) is 13.4. The molecule has 0 fully saturated rings. The molecule has 1 atom stereocenters. The molecule has 0 aliphatic carbocycles. The smallest absolute Gasteiger partial charge is 0.408 e. The molecule has 1 amide bonds. The lowest BCUT2D eigenvalue weighted by atomic mass is 10.1. The number of ether oxygens (including phenoxy) is 1. The molecule has 0 aliphatic heterocycles. The molecule has 0 radical (unpaired) electrons. The van der Waals surface area contributed by atoms with Crippen LogP contribution >= 0.6 is 0 Å². The number of hydrogen-bond donors (Lipinski definition) is 1. The van der Waals surface area contributed by atoms with Crippen molar-refractivity contribution in [3.05, 3.63) is 36.8 Å². The first-order chi connectivity index (χ1) is 7.92. The Balaban J connectivity index is 2.62. The predicted molar refractivity (Wildman–Crippen MR) is 65.6 cm³/mol. The van der Waals surface area contributed by atoms with Gasteiger partial charge >= 0.3 is 6.09 Å². The van der Waals surface area contributed by atoms with Gasteiger partial charge in [-0.15, -0.1) is 6.58 Å². The van der Waals surface area contributed by atoms with E-state index in [2.05, 4.69) is 11.9 Å². The van der Waals surface area contributed by atoms with E-state index in [0.29, 0.717) is 12.2 Å². The van der Waals surface area contributed by atoms with Crippen LogP contribution in [0.2, 0.25) is 0 Å². The fraction of sp³-hybridized carbons (Fsp3) is 0.462. The summed E-state index contributed by atoms with van der Waals surface area (Å²) in [6.07, 6.45) is 3.43. The molecular formula is C13H19NO3. The van der Waals surface area contributed by atoms with Crippen molar-refractivity contribution in [1.82, 2.24) is 5.32 Å². The second kappa shape index (κ2) is 5.57. The quantitative estimate of drug-likeness (QED) is 0.816. The minimum Gasteiger partial charge on any atom is -0.467 e. The predicted octanol–water partition coefficient (Wildman–Crippen LogP) is 3.42. The van der Waals surface area contributed by atoms with Crippen molar-refractivity contribution in [3.8, 4) is 0 Å². The summed E-state index contributed by atoms with van der Waals surface area (Å²) in [7, 11) is 0. The van der Waals surface area contributed by atoms with Crippen LogP contribution in [-0.2, 0) is 4.74 Å². The lowest BCUT2D eigenvalue weighted by Gasteiger charge is -2.22. The molecule has 0 saturated heterocycles. The fourth-order valence-electron chi connectivity index (χ4n) is 1.35. The molecule has 1 N–H and O–H groups in total. The molecule has 0 unspecified atom stereocenters. The molecule has 0 aromatic carbocycles. The third-order valence-corrected chi connectivity index (χ3v) is 1.98. The number of furan rings is 1. The van der Waals surface area contributed by atoms with Crippen molar-refractivity contribution in [2.45, 2.75) is 38.8 Å². The van der Waals surface area contributed by atoms with E-state index in [1.807, 2.05) is 26.8 Å². The van der Waals surface area contributed by atoms with Crippen molar-refractivity contribution in [2.24, 2.45) is 0 Å². The Morgan fingerprint density at radius 1 is 1.65 bits per heavy atom. The van der Waals surface area contributed by atoms with Gasteiger partial charge in [-0.1, -0.05) is 6.08 Å². The Hall–Kier alpha value is -1.71. The zero-order valence-corrected chi connectivity index (χ0v) is 10.5. The summed E-state index contributed by atoms with van der Waals surface area (Å²) in [5.41, 5.74) is -0.508. The average Bonchev–Trinajstić information content (AvgIpc) is 2.66. The highest BCUT2D eigenvalue weighted by molar-refractivity contribution is 5.68. The largest absolute Gasteiger partial charge is 0.467 e. The van der Waals surface area contributed by atoms with Crippen LogP contribution in [0.4, 0.5) is 4.79 Å². The van der Waals surface area contributed by atoms with Crippen molar-refractivity contribution in [2.75, 3.05) is 0 Å². The van der Waals surface area contributed by atoms with Gasteiger partial charge in [0.1, 0.15) is 11.4 Å². The lowest BCUT2D eigenvalue weighted by Crippen LogP contribution is -2.34. The van der Waals surface area contributed by atoms with E-state index in [4.69, 9.17) is 9.15 Å². The summed E-state index contributed by atoms with van der Waals surface area (Å²) in [4.78, 5) is 11.6. The Morgan fingerprint density at radius 3 is 2.82 bits per heavy atom. The number of carbonyl (C=O) groups is 1. The highest BCUT2D eigenvalue weighted by Gasteiger charge is 2.21. The second-order valence-corrected chi connectivity index (χ2v) is 4.74. The molecule has 1 rings (SSSR count). The summed E-state index contributed by atoms with van der Waals surface area (Å²) in [5, 5.41) is 2.75. The van der Waals surface area contributed by atoms with Gasteiger partial charge < -0.3 is 14.5 Å². The number of nitrogens with one attached hydrogen (secondary N) is 1. The van der Waals surface area contributed by atoms with Gasteiger partial charge in [-0.2, -0.15) is 0 Å². The Morgan fingerprint density at radius 2 is 2.35 bits per heavy atom. The number of amides is 1. The first-order valence-electron chi connectivity index (χ1n) is 5.56. The molecule has 0 saturated carbocycles. The number of rotatable bonds is 4. The van der Waals surface area contributed by atoms with Gasteiger partial charge in [0.2, 0.25) is 0 Å². The van der Waals surface area contributed by atoms with Crippen molar-refractivity contribution >= 4 is 6.09 Å². The topological polar surface area (TPSA) is 51.5 Å². The third-order valence-electron chi connectivity index (χ3n) is 1.98. The maximum Gasteiger partial charge on any atom is 0.408 e. The van der Waals surface area contributed by atoms with Crippen LogP contribution in [0, 0.1) is 0 Å². The molecule has 1 aromatic heterocycles. The lowest BCUT2D eigenvalue weighted by molar-refractivity contribution is 0.0498. The van der Waals surface area contributed by atoms with E-state index in [1.165, 1.54) is 0 Å². The van der Waals surface area contributed by atoms with Crippen molar-refractivity contribution < 1.29 is 13.9 Å². The molecule has 94 valence electrons. The molecule has 0 spiro atoms. The third kappa shape index (κ3) is 4.76. The van der Waals surface area contributed by atoms with Gasteiger partial charge in [-0.3, -0.25) is 0 Å². The Kier molecular flexibility index (Phi) is 4.37. The van der Waals surface area contributed by atoms with Crippen LogP contribution in [0.25, 0.3) is 0 Å². The molecular weight excluding hydrogens is 218 g/mol. The zero-order chi connectivity index (χ0) is 12.9. The zero-order valence-electron chi connectivity index (χ0n) is 10.5. The number of hydrogen-bond acceptors (Lipinski definition) is 3. The molecule has 1 aromatic rings. The van der Waals surface area contributed by atoms with Crippen molar-refractivity contribution in [3.63, 3.8) is 0 Å². The van der Waals surface area contributed by atoms with Gasteiger partial charge in [0.15, 0.2) is 0 Å². The summed E-state index contributed by atoms with van der Waals surface area (Å²) in [5.74, 6) is 0.691. The first-order valence-corrected chi connectivity index (χ1v) is 5.56. The van der Waals surface area contributed by atoms with Crippen LogP contribution in [0.3, 0.4) is 0 Å². The summed E-state index contributed by atoms with van der Waals surface area (Å²) in [6.45, 7) is 9.12. The van der Waals surface area contributed by atoms with E-state index >= 15 is 0 Å². The van der Waals surface area contributed by atoms with Gasteiger partial charge in [0.05, 0.1) is 12.3 Å².